The smallest absolute Gasteiger partial charge is 0.362 e. The average Bonchev–Trinajstić information content (AvgIpc) is 3.01. The van der Waals surface area contributed by atoms with Crippen LogP contribution in [0.3, 0.4) is 0 Å². The lowest BCUT2D eigenvalue weighted by Gasteiger charge is -2.01. The van der Waals surface area contributed by atoms with E-state index in [9.17, 15) is 9.59 Å². The van der Waals surface area contributed by atoms with Crippen molar-refractivity contribution in [2.75, 3.05) is 12.3 Å². The molecule has 3 N–H and O–H groups in total. The third-order valence-corrected chi connectivity index (χ3v) is 3.72. The van der Waals surface area contributed by atoms with Gasteiger partial charge in [-0.2, -0.15) is 4.68 Å². The molecular formula is C16H14N6O3S. The van der Waals surface area contributed by atoms with E-state index in [2.05, 4.69) is 20.3 Å². The van der Waals surface area contributed by atoms with E-state index in [4.69, 9.17) is 22.7 Å². The van der Waals surface area contributed by atoms with Gasteiger partial charge in [0.1, 0.15) is 10.5 Å². The molecule has 0 spiro atoms. The Labute approximate surface area is 152 Å². The summed E-state index contributed by atoms with van der Waals surface area (Å²) >= 11 is 5.24. The molecule has 0 aliphatic carbocycles. The zero-order chi connectivity index (χ0) is 18.7. The molecule has 2 heterocycles. The maximum Gasteiger partial charge on any atom is 0.362 e. The van der Waals surface area contributed by atoms with Crippen LogP contribution in [-0.2, 0) is 4.74 Å². The number of benzene rings is 1. The summed E-state index contributed by atoms with van der Waals surface area (Å²) in [6.45, 7) is 1.80. The minimum absolute atomic E-state index is 0.159. The number of rotatable bonds is 4. The maximum atomic E-state index is 12.3. The zero-order valence-electron chi connectivity index (χ0n) is 13.7. The van der Waals surface area contributed by atoms with E-state index in [0.29, 0.717) is 10.5 Å². The van der Waals surface area contributed by atoms with Gasteiger partial charge >= 0.3 is 5.97 Å². The quantitative estimate of drug-likeness (QED) is 0.405. The molecule has 0 aliphatic heterocycles. The number of hydrogen-bond acceptors (Lipinski definition) is 8. The van der Waals surface area contributed by atoms with Gasteiger partial charge in [0.15, 0.2) is 5.82 Å². The van der Waals surface area contributed by atoms with Gasteiger partial charge in [0.25, 0.3) is 5.91 Å². The van der Waals surface area contributed by atoms with Crippen molar-refractivity contribution >= 4 is 46.9 Å². The van der Waals surface area contributed by atoms with Crippen molar-refractivity contribution < 1.29 is 14.3 Å². The van der Waals surface area contributed by atoms with Crippen molar-refractivity contribution in [3.63, 3.8) is 0 Å². The molecule has 0 fully saturated rings. The number of esters is 1. The molecule has 0 bridgehead atoms. The molecule has 0 amide bonds. The number of para-hydroxylation sites is 1. The van der Waals surface area contributed by atoms with Gasteiger partial charge in [0.05, 0.1) is 6.61 Å². The predicted molar refractivity (Wildman–Crippen MR) is 97.0 cm³/mol. The molecule has 0 radical (unpaired) electrons. The summed E-state index contributed by atoms with van der Waals surface area (Å²) in [5.74, 6) is -1.14. The third kappa shape index (κ3) is 3.35. The molecule has 10 heteroatoms. The number of nitrogen functional groups attached to an aromatic ring is 1. The van der Waals surface area contributed by atoms with Crippen molar-refractivity contribution in [3.8, 4) is 0 Å². The summed E-state index contributed by atoms with van der Waals surface area (Å²) < 4.78 is 6.01. The Morgan fingerprint density at radius 3 is 2.92 bits per heavy atom. The van der Waals surface area contributed by atoms with E-state index in [1.165, 1.54) is 12.2 Å². The Hall–Kier alpha value is -3.40. The molecule has 132 valence electrons. The van der Waals surface area contributed by atoms with Crippen LogP contribution < -0.4 is 5.73 Å². The average molecular weight is 370 g/mol. The summed E-state index contributed by atoms with van der Waals surface area (Å²) in [6.07, 6.45) is 2.64. The minimum Gasteiger partial charge on any atom is -0.461 e. The second-order valence-electron chi connectivity index (χ2n) is 5.10. The molecule has 3 aromatic rings. The van der Waals surface area contributed by atoms with E-state index in [-0.39, 0.29) is 18.1 Å². The zero-order valence-corrected chi connectivity index (χ0v) is 14.5. The number of nitrogens with one attached hydrogen (secondary N) is 1. The number of carbonyl (C=O) groups is 2. The first-order valence-corrected chi connectivity index (χ1v) is 8.02. The molecule has 0 saturated heterocycles. The van der Waals surface area contributed by atoms with Crippen LogP contribution in [0.2, 0.25) is 0 Å². The molecule has 2 aromatic heterocycles. The van der Waals surface area contributed by atoms with Gasteiger partial charge in [-0.1, -0.05) is 29.6 Å². The number of aromatic amines is 1. The van der Waals surface area contributed by atoms with Crippen molar-refractivity contribution in [3.05, 3.63) is 46.5 Å². The summed E-state index contributed by atoms with van der Waals surface area (Å²) in [4.78, 5) is 31.2. The summed E-state index contributed by atoms with van der Waals surface area (Å²) in [7, 11) is 0. The highest BCUT2D eigenvalue weighted by Crippen LogP contribution is 2.13. The van der Waals surface area contributed by atoms with Crippen molar-refractivity contribution in [2.24, 2.45) is 0 Å². The number of aromatic nitrogens is 5. The fourth-order valence-electron chi connectivity index (χ4n) is 2.21. The Kier molecular flexibility index (Phi) is 4.85. The number of nitrogens with zero attached hydrogens (tertiary/aromatic N) is 4. The van der Waals surface area contributed by atoms with Crippen LogP contribution in [0.5, 0.6) is 0 Å². The highest BCUT2D eigenvalue weighted by Gasteiger charge is 2.20. The largest absolute Gasteiger partial charge is 0.461 e. The van der Waals surface area contributed by atoms with Crippen LogP contribution >= 0.6 is 12.2 Å². The third-order valence-electron chi connectivity index (χ3n) is 3.41. The number of nitrogens with two attached hydrogens (primary N) is 1. The van der Waals surface area contributed by atoms with Crippen LogP contribution in [0.15, 0.2) is 30.3 Å². The molecule has 3 rings (SSSR count). The molecule has 1 aromatic carbocycles. The normalized spacial score (nSPS) is 11.1. The van der Waals surface area contributed by atoms with E-state index >= 15 is 0 Å². The number of ether oxygens (including phenoxy) is 1. The first-order chi connectivity index (χ1) is 12.5. The van der Waals surface area contributed by atoms with E-state index < -0.39 is 11.9 Å². The van der Waals surface area contributed by atoms with Crippen LogP contribution in [0.4, 0.5) is 5.82 Å². The van der Waals surface area contributed by atoms with Crippen LogP contribution in [0, 0.1) is 4.64 Å². The highest BCUT2D eigenvalue weighted by atomic mass is 32.1. The Morgan fingerprint density at radius 1 is 1.38 bits per heavy atom. The van der Waals surface area contributed by atoms with Gasteiger partial charge in [-0.3, -0.25) is 4.79 Å². The number of hydrogen-bond donors (Lipinski definition) is 2. The van der Waals surface area contributed by atoms with Gasteiger partial charge in [-0.15, -0.1) is 5.10 Å². The fourth-order valence-corrected chi connectivity index (χ4v) is 2.49. The van der Waals surface area contributed by atoms with E-state index in [1.807, 2.05) is 24.3 Å². The second kappa shape index (κ2) is 7.23. The van der Waals surface area contributed by atoms with Crippen LogP contribution in [-0.4, -0.2) is 43.4 Å². The monoisotopic (exact) mass is 370 g/mol. The lowest BCUT2D eigenvalue weighted by atomic mass is 10.2. The van der Waals surface area contributed by atoms with Crippen molar-refractivity contribution in [2.45, 2.75) is 6.92 Å². The van der Waals surface area contributed by atoms with Crippen LogP contribution in [0.1, 0.15) is 28.0 Å². The van der Waals surface area contributed by atoms with Gasteiger partial charge in [-0.25, -0.2) is 9.78 Å². The molecule has 0 aliphatic rings. The van der Waals surface area contributed by atoms with Crippen molar-refractivity contribution in [1.29, 1.82) is 0 Å². The Morgan fingerprint density at radius 2 is 2.15 bits per heavy atom. The predicted octanol–water partition coefficient (Wildman–Crippen LogP) is 2.00. The van der Waals surface area contributed by atoms with Crippen LogP contribution in [0.25, 0.3) is 17.0 Å². The van der Waals surface area contributed by atoms with Gasteiger partial charge in [0.2, 0.25) is 5.69 Å². The van der Waals surface area contributed by atoms with Gasteiger partial charge < -0.3 is 15.5 Å². The molecule has 9 nitrogen and oxygen atoms in total. The number of fused-ring (bicyclic) bond motifs is 1. The standard InChI is InChI=1S/C16H14N6O3S/c1-2-25-16(24)13-14(17)22(21-20-13)12(23)8-7-11-18-10-6-4-3-5-9(10)15(26)19-11/h3-8H,2,17H2,1H3,(H,18,19,26)/b8-7+. The Balaban J connectivity index is 1.86. The summed E-state index contributed by atoms with van der Waals surface area (Å²) in [5.41, 5.74) is 6.33. The topological polar surface area (TPSA) is 129 Å². The molecular weight excluding hydrogens is 356 g/mol. The first kappa shape index (κ1) is 17.4. The fraction of sp³-hybridized carbons (Fsp3) is 0.125. The van der Waals surface area contributed by atoms with Gasteiger partial charge in [0, 0.05) is 17.0 Å². The maximum absolute atomic E-state index is 12.3. The van der Waals surface area contributed by atoms with E-state index in [0.717, 1.165) is 15.6 Å². The summed E-state index contributed by atoms with van der Waals surface area (Å²) in [6, 6.07) is 7.43. The van der Waals surface area contributed by atoms with E-state index in [1.54, 1.807) is 6.92 Å². The summed E-state index contributed by atoms with van der Waals surface area (Å²) in [5, 5.41) is 7.98. The molecule has 0 saturated carbocycles. The first-order valence-electron chi connectivity index (χ1n) is 7.61. The Bertz CT molecular complexity index is 1090. The number of H-pyrrole nitrogens is 1. The van der Waals surface area contributed by atoms with Crippen molar-refractivity contribution in [1.82, 2.24) is 25.0 Å². The second-order valence-corrected chi connectivity index (χ2v) is 5.49. The lowest BCUT2D eigenvalue weighted by molar-refractivity contribution is 0.0520. The number of carbonyl (C=O) groups excluding carboxylic acids is 2. The number of allylic oxidation sites excluding steroid dienone is 1. The molecule has 26 heavy (non-hydrogen) atoms. The highest BCUT2D eigenvalue weighted by molar-refractivity contribution is 7.71. The lowest BCUT2D eigenvalue weighted by Crippen LogP contribution is -2.14. The SMILES string of the molecule is CCOC(=O)c1nnn(C(=O)/C=C/c2nc(=S)c3ccccc3[nH]2)c1N. The molecule has 0 atom stereocenters. The van der Waals surface area contributed by atoms with Gasteiger partial charge in [-0.05, 0) is 25.1 Å². The minimum atomic E-state index is -0.742. The molecule has 0 unspecified atom stereocenters. The number of anilines is 1.